The number of alkyl halides is 1. The molecule has 16 heavy (non-hydrogen) atoms. The van der Waals surface area contributed by atoms with Gasteiger partial charge in [-0.25, -0.2) is 0 Å². The van der Waals surface area contributed by atoms with Crippen molar-refractivity contribution in [2.24, 2.45) is 0 Å². The first kappa shape index (κ1) is 13.5. The van der Waals surface area contributed by atoms with E-state index in [1.807, 2.05) is 4.90 Å². The lowest BCUT2D eigenvalue weighted by Crippen LogP contribution is -2.44. The van der Waals surface area contributed by atoms with Crippen molar-refractivity contribution in [2.75, 3.05) is 19.0 Å². The van der Waals surface area contributed by atoms with Crippen molar-refractivity contribution in [1.29, 1.82) is 0 Å². The van der Waals surface area contributed by atoms with Crippen LogP contribution >= 0.6 is 15.9 Å². The molecular formula is C11H18BrNO3. The number of hydrogen-bond donors (Lipinski definition) is 0. The molecule has 1 fully saturated rings. The number of hydrogen-bond acceptors (Lipinski definition) is 3. The molecule has 0 N–H and O–H groups in total. The highest BCUT2D eigenvalue weighted by molar-refractivity contribution is 9.09. The zero-order chi connectivity index (χ0) is 12.0. The Kier molecular flexibility index (Phi) is 5.80. The van der Waals surface area contributed by atoms with Gasteiger partial charge in [-0.2, -0.15) is 0 Å². The van der Waals surface area contributed by atoms with E-state index in [4.69, 9.17) is 0 Å². The summed E-state index contributed by atoms with van der Waals surface area (Å²) in [6, 6.07) is 0.0350. The van der Waals surface area contributed by atoms with Gasteiger partial charge in [0.15, 0.2) is 0 Å². The predicted octanol–water partition coefficient (Wildman–Crippen LogP) is 1.72. The van der Waals surface area contributed by atoms with Crippen molar-refractivity contribution in [2.45, 2.75) is 38.1 Å². The molecule has 1 aliphatic heterocycles. The van der Waals surface area contributed by atoms with E-state index in [1.165, 1.54) is 7.11 Å². The zero-order valence-corrected chi connectivity index (χ0v) is 11.2. The molecule has 0 aromatic carbocycles. The van der Waals surface area contributed by atoms with Crippen molar-refractivity contribution in [3.63, 3.8) is 0 Å². The number of methoxy groups -OCH3 is 1. The number of piperidine rings is 1. The smallest absolute Gasteiger partial charge is 0.307 e. The first-order chi connectivity index (χ1) is 7.69. The van der Waals surface area contributed by atoms with Crippen molar-refractivity contribution in [3.8, 4) is 0 Å². The molecule has 0 aromatic rings. The number of likely N-dealkylation sites (tertiary alicyclic amines) is 1. The summed E-state index contributed by atoms with van der Waals surface area (Å²) < 4.78 is 4.65. The molecule has 5 heteroatoms. The molecule has 1 rings (SSSR count). The van der Waals surface area contributed by atoms with E-state index >= 15 is 0 Å². The maximum Gasteiger partial charge on any atom is 0.307 e. The molecule has 0 aliphatic carbocycles. The lowest BCUT2D eigenvalue weighted by Gasteiger charge is -2.35. The summed E-state index contributed by atoms with van der Waals surface area (Å²) in [5.41, 5.74) is 0. The zero-order valence-electron chi connectivity index (χ0n) is 9.58. The van der Waals surface area contributed by atoms with E-state index in [0.717, 1.165) is 25.8 Å². The van der Waals surface area contributed by atoms with Crippen LogP contribution in [0.25, 0.3) is 0 Å². The summed E-state index contributed by atoms with van der Waals surface area (Å²) in [6.07, 6.45) is 3.84. The molecule has 0 radical (unpaired) electrons. The highest BCUT2D eigenvalue weighted by atomic mass is 79.9. The van der Waals surface area contributed by atoms with Crippen LogP contribution in [0, 0.1) is 0 Å². The number of nitrogens with zero attached hydrogens (tertiary/aromatic N) is 1. The quantitative estimate of drug-likeness (QED) is 0.585. The second-order valence-corrected chi connectivity index (χ2v) is 4.75. The molecule has 1 aliphatic rings. The monoisotopic (exact) mass is 291 g/mol. The number of halogens is 1. The first-order valence-corrected chi connectivity index (χ1v) is 6.73. The molecule has 1 heterocycles. The lowest BCUT2D eigenvalue weighted by atomic mass is 9.99. The molecule has 0 aromatic heterocycles. The van der Waals surface area contributed by atoms with Crippen LogP contribution < -0.4 is 0 Å². The molecular weight excluding hydrogens is 274 g/mol. The molecule has 0 spiro atoms. The Balaban J connectivity index is 2.56. The molecule has 4 nitrogen and oxygen atoms in total. The fourth-order valence-corrected chi connectivity index (χ4v) is 2.38. The molecule has 1 amide bonds. The van der Waals surface area contributed by atoms with Crippen molar-refractivity contribution in [1.82, 2.24) is 4.90 Å². The van der Waals surface area contributed by atoms with Gasteiger partial charge >= 0.3 is 5.97 Å². The highest BCUT2D eigenvalue weighted by Crippen LogP contribution is 2.21. The van der Waals surface area contributed by atoms with Crippen LogP contribution in [0.3, 0.4) is 0 Å². The summed E-state index contributed by atoms with van der Waals surface area (Å²) in [4.78, 5) is 24.9. The first-order valence-electron chi connectivity index (χ1n) is 5.61. The second-order valence-electron chi connectivity index (χ2n) is 3.96. The maximum atomic E-state index is 11.8. The molecule has 1 unspecified atom stereocenters. The van der Waals surface area contributed by atoms with E-state index in [-0.39, 0.29) is 17.9 Å². The molecule has 92 valence electrons. The Morgan fingerprint density at radius 3 is 2.81 bits per heavy atom. The van der Waals surface area contributed by atoms with Gasteiger partial charge in [0.05, 0.1) is 13.5 Å². The highest BCUT2D eigenvalue weighted by Gasteiger charge is 2.28. The molecule has 1 saturated heterocycles. The number of carbonyl (C=O) groups excluding carboxylic acids is 2. The summed E-state index contributed by atoms with van der Waals surface area (Å²) in [6.45, 7) is 0.771. The third-order valence-corrected chi connectivity index (χ3v) is 3.28. The average Bonchev–Trinajstić information content (AvgIpc) is 2.30. The van der Waals surface area contributed by atoms with E-state index in [1.54, 1.807) is 0 Å². The summed E-state index contributed by atoms with van der Waals surface area (Å²) >= 11 is 3.26. The van der Waals surface area contributed by atoms with Crippen LogP contribution in [0.15, 0.2) is 0 Å². The minimum absolute atomic E-state index is 0.0350. The Hall–Kier alpha value is -0.580. The SMILES string of the molecule is COC(=O)CC1CCCCN1C(=O)CCBr. The number of carbonyl (C=O) groups is 2. The predicted molar refractivity (Wildman–Crippen MR) is 64.4 cm³/mol. The summed E-state index contributed by atoms with van der Waals surface area (Å²) in [5.74, 6) is -0.103. The second kappa shape index (κ2) is 6.89. The van der Waals surface area contributed by atoms with Crippen LogP contribution in [-0.2, 0) is 14.3 Å². The number of ether oxygens (including phenoxy) is 1. The van der Waals surface area contributed by atoms with Crippen molar-refractivity contribution < 1.29 is 14.3 Å². The lowest BCUT2D eigenvalue weighted by molar-refractivity contribution is -0.144. The standard InChI is InChI=1S/C11H18BrNO3/c1-16-11(15)8-9-4-2-3-7-13(9)10(14)5-6-12/h9H,2-8H2,1H3. The topological polar surface area (TPSA) is 46.6 Å². The largest absolute Gasteiger partial charge is 0.469 e. The minimum atomic E-state index is -0.233. The Bertz CT molecular complexity index is 258. The van der Waals surface area contributed by atoms with Gasteiger partial charge in [-0.15, -0.1) is 0 Å². The number of esters is 1. The van der Waals surface area contributed by atoms with E-state index in [2.05, 4.69) is 20.7 Å². The number of amides is 1. The summed E-state index contributed by atoms with van der Waals surface area (Å²) in [7, 11) is 1.38. The van der Waals surface area contributed by atoms with Crippen LogP contribution in [0.4, 0.5) is 0 Å². The van der Waals surface area contributed by atoms with Gasteiger partial charge in [-0.05, 0) is 19.3 Å². The average molecular weight is 292 g/mol. The normalized spacial score (nSPS) is 20.6. The van der Waals surface area contributed by atoms with Crippen LogP contribution in [-0.4, -0.2) is 41.8 Å². The van der Waals surface area contributed by atoms with Crippen LogP contribution in [0.1, 0.15) is 32.1 Å². The van der Waals surface area contributed by atoms with Crippen LogP contribution in [0.2, 0.25) is 0 Å². The third-order valence-electron chi connectivity index (χ3n) is 2.89. The van der Waals surface area contributed by atoms with Crippen molar-refractivity contribution in [3.05, 3.63) is 0 Å². The fraction of sp³-hybridized carbons (Fsp3) is 0.818. The fourth-order valence-electron chi connectivity index (χ4n) is 2.04. The Morgan fingerprint density at radius 1 is 1.44 bits per heavy atom. The molecule has 1 atom stereocenters. The van der Waals surface area contributed by atoms with E-state index < -0.39 is 0 Å². The Labute approximate surface area is 104 Å². The maximum absolute atomic E-state index is 11.8. The molecule has 0 bridgehead atoms. The number of rotatable bonds is 4. The van der Waals surface area contributed by atoms with Gasteiger partial charge in [0.2, 0.25) is 5.91 Å². The van der Waals surface area contributed by atoms with E-state index in [0.29, 0.717) is 18.2 Å². The van der Waals surface area contributed by atoms with Crippen LogP contribution in [0.5, 0.6) is 0 Å². The van der Waals surface area contributed by atoms with Gasteiger partial charge in [0.1, 0.15) is 0 Å². The van der Waals surface area contributed by atoms with Gasteiger partial charge in [-0.1, -0.05) is 15.9 Å². The Morgan fingerprint density at radius 2 is 2.19 bits per heavy atom. The third kappa shape index (κ3) is 3.77. The van der Waals surface area contributed by atoms with Gasteiger partial charge < -0.3 is 9.64 Å². The van der Waals surface area contributed by atoms with Gasteiger partial charge in [0, 0.05) is 24.3 Å². The molecule has 0 saturated carbocycles. The van der Waals surface area contributed by atoms with Gasteiger partial charge in [-0.3, -0.25) is 9.59 Å². The van der Waals surface area contributed by atoms with E-state index in [9.17, 15) is 9.59 Å². The van der Waals surface area contributed by atoms with Gasteiger partial charge in [0.25, 0.3) is 0 Å². The summed E-state index contributed by atoms with van der Waals surface area (Å²) in [5, 5.41) is 0.674. The minimum Gasteiger partial charge on any atom is -0.469 e. The van der Waals surface area contributed by atoms with Crippen molar-refractivity contribution >= 4 is 27.8 Å².